The average molecular weight is 974 g/mol. The zero-order valence-corrected chi connectivity index (χ0v) is 43.9. The molecule has 0 fully saturated rings. The average Bonchev–Trinajstić information content (AvgIpc) is 3.74. The molecule has 0 spiro atoms. The second-order valence-corrected chi connectivity index (χ2v) is 23.3. The first kappa shape index (κ1) is 44.6. The molecule has 0 atom stereocenters. The molecule has 0 N–H and O–H groups in total. The van der Waals surface area contributed by atoms with Crippen LogP contribution < -0.4 is 26.2 Å². The van der Waals surface area contributed by atoms with Crippen molar-refractivity contribution in [2.45, 2.75) is 52.4 Å². The van der Waals surface area contributed by atoms with Crippen molar-refractivity contribution >= 4 is 89.8 Å². The van der Waals surface area contributed by atoms with E-state index in [1.54, 1.807) is 0 Å². The van der Waals surface area contributed by atoms with Crippen molar-refractivity contribution < 1.29 is 0 Å². The van der Waals surface area contributed by atoms with Crippen molar-refractivity contribution in [3.05, 3.63) is 242 Å². The lowest BCUT2D eigenvalue weighted by Crippen LogP contribution is -2.60. The number of hydrogen-bond donors (Lipinski definition) is 0. The minimum atomic E-state index is -0.0711. The lowest BCUT2D eigenvalue weighted by molar-refractivity contribution is 0.590. The lowest BCUT2D eigenvalue weighted by Gasteiger charge is -2.41. The predicted molar refractivity (Wildman–Crippen MR) is 325 cm³/mol. The highest BCUT2D eigenvalue weighted by atomic mass is 15.2. The largest absolute Gasteiger partial charge is 0.311 e. The van der Waals surface area contributed by atoms with Crippen molar-refractivity contribution in [2.75, 3.05) is 9.80 Å². The van der Waals surface area contributed by atoms with E-state index in [9.17, 15) is 0 Å². The monoisotopic (exact) mass is 973 g/mol. The van der Waals surface area contributed by atoms with Crippen LogP contribution in [0.4, 0.5) is 34.1 Å². The molecule has 0 unspecified atom stereocenters. The molecule has 0 amide bonds. The molecule has 1 aromatic heterocycles. The Morgan fingerprint density at radius 3 is 1.55 bits per heavy atom. The van der Waals surface area contributed by atoms with Gasteiger partial charge in [-0.25, -0.2) is 0 Å². The molecule has 11 aromatic carbocycles. The van der Waals surface area contributed by atoms with Gasteiger partial charge in [-0.2, -0.15) is 0 Å². The Morgan fingerprint density at radius 2 is 0.921 bits per heavy atom. The summed E-state index contributed by atoms with van der Waals surface area (Å²) in [4.78, 5) is 5.06. The fourth-order valence-electron chi connectivity index (χ4n) is 13.1. The maximum absolute atomic E-state index is 2.67. The van der Waals surface area contributed by atoms with Gasteiger partial charge in [0.15, 0.2) is 0 Å². The third kappa shape index (κ3) is 6.63. The molecule has 76 heavy (non-hydrogen) atoms. The van der Waals surface area contributed by atoms with Crippen LogP contribution in [0.1, 0.15) is 52.7 Å². The van der Waals surface area contributed by atoms with Crippen LogP contribution in [0, 0.1) is 0 Å². The topological polar surface area (TPSA) is 11.4 Å². The van der Waals surface area contributed by atoms with Crippen molar-refractivity contribution in [3.8, 4) is 50.2 Å². The van der Waals surface area contributed by atoms with Crippen molar-refractivity contribution in [1.29, 1.82) is 0 Å². The Balaban J connectivity index is 1.09. The highest BCUT2D eigenvalue weighted by Crippen LogP contribution is 2.52. The molecule has 3 aliphatic rings. The van der Waals surface area contributed by atoms with Gasteiger partial charge in [0.05, 0.1) is 16.7 Å². The number of hydrogen-bond acceptors (Lipinski definition) is 2. The van der Waals surface area contributed by atoms with Crippen LogP contribution in [0.5, 0.6) is 0 Å². The molecular formula is C72H56BN3. The summed E-state index contributed by atoms with van der Waals surface area (Å²) in [5.74, 6) is 0. The number of rotatable bonds is 6. The van der Waals surface area contributed by atoms with E-state index in [1.165, 1.54) is 122 Å². The Labute approximate surface area is 446 Å². The highest BCUT2D eigenvalue weighted by molar-refractivity contribution is 7.00. The van der Waals surface area contributed by atoms with Crippen LogP contribution in [0.25, 0.3) is 82.8 Å². The second-order valence-electron chi connectivity index (χ2n) is 23.3. The standard InChI is InChI=1S/C72H56BN3/c1-71(2,3)50-28-34-52(35-29-50)74(53-36-30-51(31-37-53)72(4,5)6)55-43-64-69-65(44-55)76-63-41-26-48-20-15-23-58-56-21-13-14-22-57(56)59-38-39-60(70(76)67(59)68(63)66(48)58)73(69)61-42-49(46-18-11-8-12-19-46)27-40-62(61)75(64)54-32-24-47(25-33-54)45-16-9-7-10-17-45/h7-44H,1-6H3. The van der Waals surface area contributed by atoms with Crippen LogP contribution in [0.3, 0.4) is 0 Å². The first-order valence-electron chi connectivity index (χ1n) is 26.9. The van der Waals surface area contributed by atoms with Gasteiger partial charge in [0.25, 0.3) is 6.71 Å². The maximum atomic E-state index is 2.67. The predicted octanol–water partition coefficient (Wildman–Crippen LogP) is 17.6. The van der Waals surface area contributed by atoms with Gasteiger partial charge in [0.2, 0.25) is 0 Å². The quantitative estimate of drug-likeness (QED) is 0.154. The summed E-state index contributed by atoms with van der Waals surface area (Å²) in [6.45, 7) is 13.7. The molecule has 15 rings (SSSR count). The number of nitrogens with zero attached hydrogens (tertiary/aromatic N) is 3. The molecule has 2 aliphatic heterocycles. The minimum Gasteiger partial charge on any atom is -0.311 e. The van der Waals surface area contributed by atoms with Gasteiger partial charge in [-0.3, -0.25) is 0 Å². The van der Waals surface area contributed by atoms with Gasteiger partial charge < -0.3 is 14.4 Å². The Bertz CT molecular complexity index is 4270. The number of aromatic nitrogens is 1. The van der Waals surface area contributed by atoms with Gasteiger partial charge >= 0.3 is 0 Å². The van der Waals surface area contributed by atoms with Gasteiger partial charge in [-0.15, -0.1) is 0 Å². The smallest absolute Gasteiger partial charge is 0.252 e. The van der Waals surface area contributed by atoms with Crippen LogP contribution in [-0.4, -0.2) is 11.3 Å². The Kier molecular flexibility index (Phi) is 9.58. The van der Waals surface area contributed by atoms with Crippen molar-refractivity contribution in [2.24, 2.45) is 0 Å². The normalized spacial score (nSPS) is 13.1. The summed E-state index contributed by atoms with van der Waals surface area (Å²) in [6.07, 6.45) is 0. The Hall–Kier alpha value is -8.86. The molecule has 12 aromatic rings. The molecule has 362 valence electrons. The first-order chi connectivity index (χ1) is 37.0. The van der Waals surface area contributed by atoms with Gasteiger partial charge in [-0.05, 0) is 154 Å². The summed E-state index contributed by atoms with van der Waals surface area (Å²) >= 11 is 0. The van der Waals surface area contributed by atoms with Crippen molar-refractivity contribution in [1.82, 2.24) is 4.57 Å². The summed E-state index contributed by atoms with van der Waals surface area (Å²) in [5.41, 5.74) is 27.1. The zero-order valence-electron chi connectivity index (χ0n) is 43.9. The molecule has 0 radical (unpaired) electrons. The fraction of sp³-hybridized carbons (Fsp3) is 0.111. The third-order valence-corrected chi connectivity index (χ3v) is 16.8. The summed E-state index contributed by atoms with van der Waals surface area (Å²) in [6, 6.07) is 87.4. The SMILES string of the molecule is CC(C)(C)c1ccc(N(c2ccc(C(C)(C)C)cc2)c2cc3c4c(c2)-n2c5ccc6cccc7c6c5c5c(ccc(c52)B4c2cc(-c4ccccc4)ccc2N3c2ccc(-c3ccccc3)cc2)-c2ccccc2-7)cc1. The molecule has 0 saturated heterocycles. The summed E-state index contributed by atoms with van der Waals surface area (Å²) in [7, 11) is 0. The van der Waals surface area contributed by atoms with E-state index in [0.29, 0.717) is 0 Å². The van der Waals surface area contributed by atoms with E-state index in [1.807, 2.05) is 0 Å². The number of benzene rings is 11. The fourth-order valence-corrected chi connectivity index (χ4v) is 13.1. The molecule has 1 aliphatic carbocycles. The number of anilines is 6. The maximum Gasteiger partial charge on any atom is 0.252 e. The third-order valence-electron chi connectivity index (χ3n) is 16.8. The summed E-state index contributed by atoms with van der Waals surface area (Å²) in [5, 5.41) is 5.25. The van der Waals surface area contributed by atoms with E-state index in [2.05, 4.69) is 286 Å². The van der Waals surface area contributed by atoms with E-state index >= 15 is 0 Å². The van der Waals surface area contributed by atoms with E-state index in [-0.39, 0.29) is 17.5 Å². The highest BCUT2D eigenvalue weighted by Gasteiger charge is 2.44. The van der Waals surface area contributed by atoms with Crippen LogP contribution in [-0.2, 0) is 10.8 Å². The molecule has 0 saturated carbocycles. The molecule has 3 heterocycles. The second kappa shape index (κ2) is 16.3. The lowest BCUT2D eigenvalue weighted by atomic mass is 9.33. The minimum absolute atomic E-state index is 0.00722. The van der Waals surface area contributed by atoms with Crippen LogP contribution in [0.2, 0.25) is 0 Å². The zero-order chi connectivity index (χ0) is 51.2. The number of fused-ring (bicyclic) bond motifs is 8. The van der Waals surface area contributed by atoms with E-state index in [4.69, 9.17) is 0 Å². The van der Waals surface area contributed by atoms with Crippen LogP contribution >= 0.6 is 0 Å². The van der Waals surface area contributed by atoms with E-state index < -0.39 is 0 Å². The van der Waals surface area contributed by atoms with Crippen molar-refractivity contribution in [3.63, 3.8) is 0 Å². The van der Waals surface area contributed by atoms with Crippen LogP contribution in [0.15, 0.2) is 231 Å². The first-order valence-corrected chi connectivity index (χ1v) is 26.9. The molecule has 3 nitrogen and oxygen atoms in total. The van der Waals surface area contributed by atoms with Gasteiger partial charge in [-0.1, -0.05) is 211 Å². The summed E-state index contributed by atoms with van der Waals surface area (Å²) < 4.78 is 2.67. The molecule has 0 bridgehead atoms. The molecular weight excluding hydrogens is 918 g/mol. The molecule has 4 heteroatoms. The van der Waals surface area contributed by atoms with Gasteiger partial charge in [0.1, 0.15) is 0 Å². The van der Waals surface area contributed by atoms with Gasteiger partial charge in [0, 0.05) is 44.9 Å². The Morgan fingerprint density at radius 1 is 0.368 bits per heavy atom. The van der Waals surface area contributed by atoms with E-state index in [0.717, 1.165) is 22.7 Å².